The van der Waals surface area contributed by atoms with Crippen molar-refractivity contribution < 1.29 is 19.1 Å². The number of benzene rings is 1. The summed E-state index contributed by atoms with van der Waals surface area (Å²) < 4.78 is 5.64. The first-order valence-electron chi connectivity index (χ1n) is 11.8. The Labute approximate surface area is 183 Å². The van der Waals surface area contributed by atoms with E-state index >= 15 is 0 Å². The van der Waals surface area contributed by atoms with Gasteiger partial charge in [0, 0.05) is 24.1 Å². The molecule has 1 aromatic carbocycles. The van der Waals surface area contributed by atoms with Crippen LogP contribution in [0.1, 0.15) is 63.0 Å². The average molecular weight is 425 g/mol. The van der Waals surface area contributed by atoms with Crippen LogP contribution in [-0.2, 0) is 19.1 Å². The van der Waals surface area contributed by atoms with Crippen molar-refractivity contribution in [1.82, 2.24) is 10.2 Å². The number of esters is 1. The molecule has 1 N–H and O–H groups in total. The fourth-order valence-electron chi connectivity index (χ4n) is 6.89. The molecule has 31 heavy (non-hydrogen) atoms. The van der Waals surface area contributed by atoms with Crippen LogP contribution in [0, 0.1) is 23.2 Å². The predicted octanol–water partition coefficient (Wildman–Crippen LogP) is 3.23. The molecule has 5 fully saturated rings. The molecule has 6 rings (SSSR count). The zero-order valence-electron chi connectivity index (χ0n) is 18.1. The maximum atomic E-state index is 13.1. The molecular weight excluding hydrogens is 392 g/mol. The SMILES string of the molecule is O=C(CNC(=O)C12CC3CC(CC(C3)C1)C2)O[C@@H](C(=O)N1CCCC1)c1ccccc1. The summed E-state index contributed by atoms with van der Waals surface area (Å²) in [6.07, 6.45) is 7.68. The lowest BCUT2D eigenvalue weighted by Crippen LogP contribution is -2.54. The van der Waals surface area contributed by atoms with Crippen LogP contribution in [0.2, 0.25) is 0 Å². The molecule has 6 heteroatoms. The molecule has 4 saturated carbocycles. The molecule has 1 aromatic rings. The van der Waals surface area contributed by atoms with Gasteiger partial charge in [-0.25, -0.2) is 0 Å². The van der Waals surface area contributed by atoms with E-state index in [0.717, 1.165) is 32.1 Å². The molecule has 0 radical (unpaired) electrons. The Kier molecular flexibility index (Phi) is 5.49. The molecule has 166 valence electrons. The van der Waals surface area contributed by atoms with E-state index in [4.69, 9.17) is 4.74 Å². The van der Waals surface area contributed by atoms with Gasteiger partial charge >= 0.3 is 5.97 Å². The van der Waals surface area contributed by atoms with E-state index in [1.165, 1.54) is 19.3 Å². The van der Waals surface area contributed by atoms with Crippen molar-refractivity contribution in [2.75, 3.05) is 19.6 Å². The molecule has 1 saturated heterocycles. The number of amides is 2. The van der Waals surface area contributed by atoms with E-state index < -0.39 is 12.1 Å². The number of rotatable bonds is 6. The van der Waals surface area contributed by atoms with E-state index in [-0.39, 0.29) is 23.8 Å². The lowest BCUT2D eigenvalue weighted by atomic mass is 9.49. The minimum Gasteiger partial charge on any atom is -0.446 e. The van der Waals surface area contributed by atoms with Crippen molar-refractivity contribution in [3.8, 4) is 0 Å². The minimum absolute atomic E-state index is 0.00526. The summed E-state index contributed by atoms with van der Waals surface area (Å²) >= 11 is 0. The summed E-state index contributed by atoms with van der Waals surface area (Å²) in [5.41, 5.74) is 0.374. The highest BCUT2D eigenvalue weighted by molar-refractivity contribution is 5.89. The molecule has 1 heterocycles. The van der Waals surface area contributed by atoms with Gasteiger partial charge in [-0.3, -0.25) is 14.4 Å². The maximum Gasteiger partial charge on any atom is 0.326 e. The predicted molar refractivity (Wildman–Crippen MR) is 115 cm³/mol. The zero-order chi connectivity index (χ0) is 21.4. The average Bonchev–Trinajstić information content (AvgIpc) is 3.30. The van der Waals surface area contributed by atoms with E-state index in [1.807, 2.05) is 18.2 Å². The molecule has 6 nitrogen and oxygen atoms in total. The van der Waals surface area contributed by atoms with Crippen LogP contribution in [-0.4, -0.2) is 42.3 Å². The molecule has 4 aliphatic carbocycles. The highest BCUT2D eigenvalue weighted by Crippen LogP contribution is 2.60. The zero-order valence-corrected chi connectivity index (χ0v) is 18.1. The summed E-state index contributed by atoms with van der Waals surface area (Å²) in [7, 11) is 0. The first kappa shape index (κ1) is 20.5. The Morgan fingerprint density at radius 2 is 1.55 bits per heavy atom. The summed E-state index contributed by atoms with van der Waals surface area (Å²) in [6.45, 7) is 1.21. The first-order valence-corrected chi connectivity index (χ1v) is 11.8. The lowest BCUT2D eigenvalue weighted by Gasteiger charge is -2.55. The smallest absolute Gasteiger partial charge is 0.326 e. The fourth-order valence-corrected chi connectivity index (χ4v) is 6.89. The molecule has 0 unspecified atom stereocenters. The second kappa shape index (κ2) is 8.29. The Morgan fingerprint density at radius 3 is 2.13 bits per heavy atom. The molecule has 4 bridgehead atoms. The molecule has 2 amide bonds. The van der Waals surface area contributed by atoms with Crippen molar-refractivity contribution in [2.45, 2.75) is 57.5 Å². The van der Waals surface area contributed by atoms with Gasteiger partial charge in [-0.2, -0.15) is 0 Å². The van der Waals surface area contributed by atoms with Crippen molar-refractivity contribution >= 4 is 17.8 Å². The van der Waals surface area contributed by atoms with Gasteiger partial charge in [0.05, 0.1) is 0 Å². The van der Waals surface area contributed by atoms with Gasteiger partial charge in [-0.1, -0.05) is 30.3 Å². The third kappa shape index (κ3) is 4.09. The number of hydrogen-bond acceptors (Lipinski definition) is 4. The van der Waals surface area contributed by atoms with Crippen LogP contribution in [0.5, 0.6) is 0 Å². The second-order valence-electron chi connectivity index (χ2n) is 10.2. The highest BCUT2D eigenvalue weighted by atomic mass is 16.5. The number of nitrogens with one attached hydrogen (secondary N) is 1. The Hall–Kier alpha value is -2.37. The third-order valence-electron chi connectivity index (χ3n) is 7.91. The van der Waals surface area contributed by atoms with Gasteiger partial charge in [0.1, 0.15) is 6.54 Å². The van der Waals surface area contributed by atoms with E-state index in [9.17, 15) is 14.4 Å². The van der Waals surface area contributed by atoms with E-state index in [2.05, 4.69) is 5.32 Å². The van der Waals surface area contributed by atoms with Crippen LogP contribution in [0.3, 0.4) is 0 Å². The maximum absolute atomic E-state index is 13.1. The number of ether oxygens (including phenoxy) is 1. The monoisotopic (exact) mass is 424 g/mol. The first-order chi connectivity index (χ1) is 15.0. The fraction of sp³-hybridized carbons (Fsp3) is 0.640. The molecule has 5 aliphatic rings. The van der Waals surface area contributed by atoms with Crippen LogP contribution in [0.25, 0.3) is 0 Å². The molecule has 0 aromatic heterocycles. The number of carbonyl (C=O) groups excluding carboxylic acids is 3. The molecule has 1 aliphatic heterocycles. The number of hydrogen-bond donors (Lipinski definition) is 1. The van der Waals surface area contributed by atoms with E-state index in [1.54, 1.807) is 17.0 Å². The Balaban J connectivity index is 1.22. The van der Waals surface area contributed by atoms with Gasteiger partial charge in [-0.15, -0.1) is 0 Å². The largest absolute Gasteiger partial charge is 0.446 e. The van der Waals surface area contributed by atoms with Crippen LogP contribution < -0.4 is 5.32 Å². The van der Waals surface area contributed by atoms with Crippen molar-refractivity contribution in [3.63, 3.8) is 0 Å². The number of likely N-dealkylation sites (tertiary alicyclic amines) is 1. The van der Waals surface area contributed by atoms with Crippen LogP contribution in [0.15, 0.2) is 30.3 Å². The normalized spacial score (nSPS) is 32.0. The van der Waals surface area contributed by atoms with Gasteiger partial charge in [-0.05, 0) is 69.1 Å². The molecular formula is C25H32N2O4. The van der Waals surface area contributed by atoms with E-state index in [0.29, 0.717) is 36.4 Å². The highest BCUT2D eigenvalue weighted by Gasteiger charge is 2.54. The van der Waals surface area contributed by atoms with Crippen molar-refractivity contribution in [1.29, 1.82) is 0 Å². The second-order valence-corrected chi connectivity index (χ2v) is 10.2. The summed E-state index contributed by atoms with van der Waals surface area (Å²) in [5, 5.41) is 2.87. The number of nitrogens with zero attached hydrogens (tertiary/aromatic N) is 1. The van der Waals surface area contributed by atoms with Crippen molar-refractivity contribution in [3.05, 3.63) is 35.9 Å². The van der Waals surface area contributed by atoms with Gasteiger partial charge < -0.3 is 15.0 Å². The Morgan fingerprint density at radius 1 is 0.968 bits per heavy atom. The quantitative estimate of drug-likeness (QED) is 0.712. The van der Waals surface area contributed by atoms with Crippen molar-refractivity contribution in [2.24, 2.45) is 23.2 Å². The summed E-state index contributed by atoms with van der Waals surface area (Å²) in [5.74, 6) is 1.29. The molecule has 0 spiro atoms. The minimum atomic E-state index is -0.955. The summed E-state index contributed by atoms with van der Waals surface area (Å²) in [4.78, 5) is 40.5. The van der Waals surface area contributed by atoms with Gasteiger partial charge in [0.15, 0.2) is 0 Å². The van der Waals surface area contributed by atoms with Crippen LogP contribution >= 0.6 is 0 Å². The topological polar surface area (TPSA) is 75.7 Å². The Bertz CT molecular complexity index is 811. The molecule has 1 atom stereocenters. The third-order valence-corrected chi connectivity index (χ3v) is 7.91. The van der Waals surface area contributed by atoms with Gasteiger partial charge in [0.2, 0.25) is 12.0 Å². The standard InChI is InChI=1S/C25H32N2O4/c28-21(16-26-24(30)25-13-17-10-18(14-25)12-19(11-17)15-25)31-22(20-6-2-1-3-7-20)23(29)27-8-4-5-9-27/h1-3,6-7,17-19,22H,4-5,8-16H2,(H,26,30)/t17?,18?,19?,22-,25?/m1/s1. The summed E-state index contributed by atoms with van der Waals surface area (Å²) in [6, 6.07) is 9.15. The van der Waals surface area contributed by atoms with Gasteiger partial charge in [0.25, 0.3) is 5.91 Å². The lowest BCUT2D eigenvalue weighted by molar-refractivity contribution is -0.161. The number of carbonyl (C=O) groups is 3. The van der Waals surface area contributed by atoms with Crippen LogP contribution in [0.4, 0.5) is 0 Å².